The normalized spacial score (nSPS) is 10.2. The Labute approximate surface area is 107 Å². The van der Waals surface area contributed by atoms with Crippen molar-refractivity contribution in [3.63, 3.8) is 0 Å². The lowest BCUT2D eigenvalue weighted by Gasteiger charge is -2.09. The Kier molecular flexibility index (Phi) is 3.85. The van der Waals surface area contributed by atoms with E-state index in [1.54, 1.807) is 7.11 Å². The molecule has 3 nitrogen and oxygen atoms in total. The van der Waals surface area contributed by atoms with Crippen LogP contribution in [0.5, 0.6) is 17.2 Å². The van der Waals surface area contributed by atoms with E-state index in [-0.39, 0.29) is 0 Å². The molecule has 0 aliphatic rings. The van der Waals surface area contributed by atoms with Gasteiger partial charge >= 0.3 is 0 Å². The van der Waals surface area contributed by atoms with Crippen molar-refractivity contribution in [2.75, 3.05) is 7.11 Å². The maximum atomic E-state index is 5.78. The third-order valence-electron chi connectivity index (χ3n) is 2.81. The molecule has 18 heavy (non-hydrogen) atoms. The smallest absolute Gasteiger partial charge is 0.131 e. The van der Waals surface area contributed by atoms with Crippen LogP contribution in [0.2, 0.25) is 0 Å². The molecular weight excluding hydrogens is 226 g/mol. The summed E-state index contributed by atoms with van der Waals surface area (Å²) in [6.07, 6.45) is 0. The van der Waals surface area contributed by atoms with Gasteiger partial charge in [0.1, 0.15) is 17.2 Å². The van der Waals surface area contributed by atoms with Crippen LogP contribution in [0.15, 0.2) is 42.5 Å². The highest BCUT2D eigenvalue weighted by atomic mass is 16.5. The summed E-state index contributed by atoms with van der Waals surface area (Å²) in [5, 5.41) is 0. The molecule has 94 valence electrons. The minimum Gasteiger partial charge on any atom is -0.497 e. The van der Waals surface area contributed by atoms with Crippen LogP contribution in [0.1, 0.15) is 11.1 Å². The molecule has 0 heterocycles. The zero-order valence-corrected chi connectivity index (χ0v) is 10.6. The quantitative estimate of drug-likeness (QED) is 0.896. The summed E-state index contributed by atoms with van der Waals surface area (Å²) in [7, 11) is 1.64. The molecule has 0 radical (unpaired) electrons. The molecule has 0 fully saturated rings. The Bertz CT molecular complexity index is 538. The van der Waals surface area contributed by atoms with Crippen LogP contribution in [-0.2, 0) is 6.54 Å². The molecule has 2 aromatic carbocycles. The van der Waals surface area contributed by atoms with E-state index in [4.69, 9.17) is 15.2 Å². The third-order valence-corrected chi connectivity index (χ3v) is 2.81. The highest BCUT2D eigenvalue weighted by molar-refractivity contribution is 5.40. The fourth-order valence-corrected chi connectivity index (χ4v) is 1.76. The molecular formula is C15H17NO2. The number of hydrogen-bond donors (Lipinski definition) is 1. The summed E-state index contributed by atoms with van der Waals surface area (Å²) >= 11 is 0. The van der Waals surface area contributed by atoms with E-state index in [1.165, 1.54) is 0 Å². The van der Waals surface area contributed by atoms with Crippen molar-refractivity contribution < 1.29 is 9.47 Å². The van der Waals surface area contributed by atoms with E-state index < -0.39 is 0 Å². The van der Waals surface area contributed by atoms with Crippen molar-refractivity contribution >= 4 is 0 Å². The molecule has 2 rings (SSSR count). The van der Waals surface area contributed by atoms with Gasteiger partial charge in [0.05, 0.1) is 7.11 Å². The van der Waals surface area contributed by atoms with Crippen LogP contribution in [0.4, 0.5) is 0 Å². The summed E-state index contributed by atoms with van der Waals surface area (Å²) in [5.41, 5.74) is 7.90. The summed E-state index contributed by atoms with van der Waals surface area (Å²) in [6, 6.07) is 13.4. The van der Waals surface area contributed by atoms with Gasteiger partial charge in [-0.2, -0.15) is 0 Å². The Morgan fingerprint density at radius 3 is 2.39 bits per heavy atom. The van der Waals surface area contributed by atoms with Crippen molar-refractivity contribution in [2.24, 2.45) is 5.73 Å². The van der Waals surface area contributed by atoms with E-state index in [1.807, 2.05) is 49.4 Å². The van der Waals surface area contributed by atoms with Crippen molar-refractivity contribution in [3.8, 4) is 17.2 Å². The van der Waals surface area contributed by atoms with Gasteiger partial charge in [0.25, 0.3) is 0 Å². The van der Waals surface area contributed by atoms with Crippen LogP contribution < -0.4 is 15.2 Å². The lowest BCUT2D eigenvalue weighted by Crippen LogP contribution is -1.98. The molecule has 0 aliphatic carbocycles. The van der Waals surface area contributed by atoms with Crippen molar-refractivity contribution in [1.82, 2.24) is 0 Å². The van der Waals surface area contributed by atoms with Gasteiger partial charge in [-0.3, -0.25) is 0 Å². The first kappa shape index (κ1) is 12.5. The number of methoxy groups -OCH3 is 1. The molecule has 0 saturated carbocycles. The van der Waals surface area contributed by atoms with Crippen molar-refractivity contribution in [3.05, 3.63) is 53.6 Å². The number of rotatable bonds is 4. The number of aryl methyl sites for hydroxylation is 1. The highest BCUT2D eigenvalue weighted by Gasteiger charge is 2.02. The summed E-state index contributed by atoms with van der Waals surface area (Å²) < 4.78 is 10.9. The van der Waals surface area contributed by atoms with Gasteiger partial charge in [0, 0.05) is 12.6 Å². The van der Waals surface area contributed by atoms with Crippen molar-refractivity contribution in [2.45, 2.75) is 13.5 Å². The van der Waals surface area contributed by atoms with Crippen LogP contribution >= 0.6 is 0 Å². The number of hydrogen-bond acceptors (Lipinski definition) is 3. The lowest BCUT2D eigenvalue weighted by atomic mass is 10.1. The topological polar surface area (TPSA) is 44.5 Å². The standard InChI is InChI=1S/C15H17NO2/c1-11-8-15(7-6-12(11)10-16)18-14-5-3-4-13(9-14)17-2/h3-9H,10,16H2,1-2H3. The molecule has 0 atom stereocenters. The van der Waals surface area contributed by atoms with Gasteiger partial charge in [0.15, 0.2) is 0 Å². The fourth-order valence-electron chi connectivity index (χ4n) is 1.76. The van der Waals surface area contributed by atoms with Crippen molar-refractivity contribution in [1.29, 1.82) is 0 Å². The molecule has 0 unspecified atom stereocenters. The Balaban J connectivity index is 2.20. The second-order valence-electron chi connectivity index (χ2n) is 4.07. The number of ether oxygens (including phenoxy) is 2. The van der Waals surface area contributed by atoms with Crippen LogP contribution in [0.3, 0.4) is 0 Å². The predicted molar refractivity (Wildman–Crippen MR) is 72.1 cm³/mol. The Morgan fingerprint density at radius 1 is 1.00 bits per heavy atom. The summed E-state index contributed by atoms with van der Waals surface area (Å²) in [6.45, 7) is 2.58. The molecule has 0 aliphatic heterocycles. The molecule has 0 amide bonds. The zero-order valence-electron chi connectivity index (χ0n) is 10.6. The molecule has 0 saturated heterocycles. The number of nitrogens with two attached hydrogens (primary N) is 1. The second-order valence-corrected chi connectivity index (χ2v) is 4.07. The van der Waals surface area contributed by atoms with E-state index in [2.05, 4.69) is 0 Å². The van der Waals surface area contributed by atoms with Crippen LogP contribution in [0.25, 0.3) is 0 Å². The van der Waals surface area contributed by atoms with Crippen LogP contribution in [-0.4, -0.2) is 7.11 Å². The Morgan fingerprint density at radius 2 is 1.72 bits per heavy atom. The van der Waals surface area contributed by atoms with E-state index in [9.17, 15) is 0 Å². The van der Waals surface area contributed by atoms with Gasteiger partial charge in [-0.15, -0.1) is 0 Å². The van der Waals surface area contributed by atoms with Gasteiger partial charge < -0.3 is 15.2 Å². The fraction of sp³-hybridized carbons (Fsp3) is 0.200. The average molecular weight is 243 g/mol. The third kappa shape index (κ3) is 2.81. The van der Waals surface area contributed by atoms with E-state index >= 15 is 0 Å². The lowest BCUT2D eigenvalue weighted by molar-refractivity contribution is 0.409. The number of benzene rings is 2. The van der Waals surface area contributed by atoms with Gasteiger partial charge in [0.2, 0.25) is 0 Å². The minimum absolute atomic E-state index is 0.547. The first-order valence-electron chi connectivity index (χ1n) is 5.84. The Hall–Kier alpha value is -2.00. The largest absolute Gasteiger partial charge is 0.497 e. The second kappa shape index (κ2) is 5.56. The van der Waals surface area contributed by atoms with Crippen LogP contribution in [0, 0.1) is 6.92 Å². The predicted octanol–water partition coefficient (Wildman–Crippen LogP) is 3.25. The molecule has 0 spiro atoms. The first-order chi connectivity index (χ1) is 8.72. The molecule has 2 aromatic rings. The maximum Gasteiger partial charge on any atom is 0.131 e. The molecule has 0 aromatic heterocycles. The van der Waals surface area contributed by atoms with Gasteiger partial charge in [-0.25, -0.2) is 0 Å². The maximum absolute atomic E-state index is 5.78. The van der Waals surface area contributed by atoms with E-state index in [0.717, 1.165) is 28.4 Å². The molecule has 0 bridgehead atoms. The molecule has 2 N–H and O–H groups in total. The summed E-state index contributed by atoms with van der Waals surface area (Å²) in [4.78, 5) is 0. The van der Waals surface area contributed by atoms with Gasteiger partial charge in [-0.1, -0.05) is 12.1 Å². The zero-order chi connectivity index (χ0) is 13.0. The summed E-state index contributed by atoms with van der Waals surface area (Å²) in [5.74, 6) is 2.34. The monoisotopic (exact) mass is 243 g/mol. The average Bonchev–Trinajstić information content (AvgIpc) is 2.39. The van der Waals surface area contributed by atoms with Gasteiger partial charge in [-0.05, 0) is 42.3 Å². The first-order valence-corrected chi connectivity index (χ1v) is 5.84. The highest BCUT2D eigenvalue weighted by Crippen LogP contribution is 2.26. The minimum atomic E-state index is 0.547. The van der Waals surface area contributed by atoms with E-state index in [0.29, 0.717) is 6.54 Å². The molecule has 3 heteroatoms. The SMILES string of the molecule is COc1cccc(Oc2ccc(CN)c(C)c2)c1.